The number of ether oxygens (including phenoxy) is 1. The van der Waals surface area contributed by atoms with E-state index in [1.165, 1.54) is 0 Å². The predicted octanol–water partition coefficient (Wildman–Crippen LogP) is 2.62. The van der Waals surface area contributed by atoms with E-state index >= 15 is 0 Å². The Labute approximate surface area is 102 Å². The standard InChI is InChI=1S/C13H21NO3/c1-4-5-7-17-8-6-14-10(2)9-12(11(14)3)13(15)16/h9H,4-8H2,1-3H3,(H,15,16). The molecule has 0 atom stereocenters. The van der Waals surface area contributed by atoms with Crippen LogP contribution in [0, 0.1) is 13.8 Å². The minimum absolute atomic E-state index is 0.385. The lowest BCUT2D eigenvalue weighted by molar-refractivity contribution is 0.0695. The number of nitrogens with zero attached hydrogens (tertiary/aromatic N) is 1. The van der Waals surface area contributed by atoms with E-state index < -0.39 is 5.97 Å². The van der Waals surface area contributed by atoms with Crippen LogP contribution in [-0.2, 0) is 11.3 Å². The van der Waals surface area contributed by atoms with Crippen molar-refractivity contribution in [2.75, 3.05) is 13.2 Å². The Bertz CT molecular complexity index is 382. The normalized spacial score (nSPS) is 10.8. The van der Waals surface area contributed by atoms with Crippen LogP contribution in [-0.4, -0.2) is 28.9 Å². The number of carboxylic acids is 1. The molecule has 0 fully saturated rings. The van der Waals surface area contributed by atoms with Crippen molar-refractivity contribution < 1.29 is 14.6 Å². The fourth-order valence-corrected chi connectivity index (χ4v) is 1.87. The first-order valence-corrected chi connectivity index (χ1v) is 6.05. The van der Waals surface area contributed by atoms with E-state index in [2.05, 4.69) is 6.92 Å². The van der Waals surface area contributed by atoms with Crippen molar-refractivity contribution in [3.63, 3.8) is 0 Å². The van der Waals surface area contributed by atoms with Gasteiger partial charge in [0.05, 0.1) is 12.2 Å². The van der Waals surface area contributed by atoms with Gasteiger partial charge in [-0.1, -0.05) is 13.3 Å². The minimum Gasteiger partial charge on any atom is -0.478 e. The number of aryl methyl sites for hydroxylation is 1. The van der Waals surface area contributed by atoms with Gasteiger partial charge in [0.15, 0.2) is 0 Å². The molecule has 0 aromatic carbocycles. The third kappa shape index (κ3) is 3.60. The van der Waals surface area contributed by atoms with Gasteiger partial charge in [-0.2, -0.15) is 0 Å². The number of hydrogen-bond donors (Lipinski definition) is 1. The van der Waals surface area contributed by atoms with Crippen molar-refractivity contribution in [3.05, 3.63) is 23.0 Å². The van der Waals surface area contributed by atoms with Crippen molar-refractivity contribution >= 4 is 5.97 Å². The Kier molecular flexibility index (Phi) is 5.22. The molecule has 1 heterocycles. The van der Waals surface area contributed by atoms with Crippen LogP contribution in [0.4, 0.5) is 0 Å². The number of carboxylic acid groups (broad SMARTS) is 1. The fourth-order valence-electron chi connectivity index (χ4n) is 1.87. The van der Waals surface area contributed by atoms with Gasteiger partial charge in [-0.25, -0.2) is 4.79 Å². The average molecular weight is 239 g/mol. The van der Waals surface area contributed by atoms with E-state index in [4.69, 9.17) is 9.84 Å². The SMILES string of the molecule is CCCCOCCn1c(C)cc(C(=O)O)c1C. The summed E-state index contributed by atoms with van der Waals surface area (Å²) in [6.45, 7) is 8.02. The Morgan fingerprint density at radius 1 is 1.41 bits per heavy atom. The van der Waals surface area contributed by atoms with Gasteiger partial charge in [-0.05, 0) is 26.3 Å². The van der Waals surface area contributed by atoms with E-state index in [9.17, 15) is 4.79 Å². The topological polar surface area (TPSA) is 51.5 Å². The lowest BCUT2D eigenvalue weighted by Gasteiger charge is -2.09. The molecule has 96 valence electrons. The van der Waals surface area contributed by atoms with Crippen LogP contribution in [0.2, 0.25) is 0 Å². The van der Waals surface area contributed by atoms with Gasteiger partial charge in [0.1, 0.15) is 0 Å². The minimum atomic E-state index is -0.865. The van der Waals surface area contributed by atoms with Crippen molar-refractivity contribution in [2.45, 2.75) is 40.2 Å². The predicted molar refractivity (Wildman–Crippen MR) is 66.6 cm³/mol. The molecule has 0 radical (unpaired) electrons. The molecule has 0 saturated carbocycles. The third-order valence-electron chi connectivity index (χ3n) is 2.91. The van der Waals surface area contributed by atoms with E-state index in [0.717, 1.165) is 30.8 Å². The van der Waals surface area contributed by atoms with Gasteiger partial charge in [0.2, 0.25) is 0 Å². The Hall–Kier alpha value is -1.29. The molecule has 0 spiro atoms. The van der Waals surface area contributed by atoms with Crippen molar-refractivity contribution in [1.82, 2.24) is 4.57 Å². The molecular weight excluding hydrogens is 218 g/mol. The largest absolute Gasteiger partial charge is 0.478 e. The summed E-state index contributed by atoms with van der Waals surface area (Å²) < 4.78 is 7.48. The van der Waals surface area contributed by atoms with Crippen molar-refractivity contribution in [3.8, 4) is 0 Å². The first-order valence-electron chi connectivity index (χ1n) is 6.05. The van der Waals surface area contributed by atoms with E-state index in [1.807, 2.05) is 18.4 Å². The fraction of sp³-hybridized carbons (Fsp3) is 0.615. The number of hydrogen-bond acceptors (Lipinski definition) is 2. The van der Waals surface area contributed by atoms with Gasteiger partial charge in [0.25, 0.3) is 0 Å². The van der Waals surface area contributed by atoms with Crippen LogP contribution in [0.1, 0.15) is 41.5 Å². The van der Waals surface area contributed by atoms with E-state index in [0.29, 0.717) is 18.7 Å². The Morgan fingerprint density at radius 2 is 2.12 bits per heavy atom. The highest BCUT2D eigenvalue weighted by atomic mass is 16.5. The molecule has 0 aliphatic rings. The summed E-state index contributed by atoms with van der Waals surface area (Å²) in [5.41, 5.74) is 2.16. The molecule has 0 saturated heterocycles. The molecule has 0 unspecified atom stereocenters. The maximum Gasteiger partial charge on any atom is 0.337 e. The first kappa shape index (κ1) is 13.8. The summed E-state index contributed by atoms with van der Waals surface area (Å²) in [6, 6.07) is 1.71. The lowest BCUT2D eigenvalue weighted by atomic mass is 10.2. The Morgan fingerprint density at radius 3 is 2.65 bits per heavy atom. The van der Waals surface area contributed by atoms with Gasteiger partial charge in [-0.3, -0.25) is 0 Å². The van der Waals surface area contributed by atoms with Gasteiger partial charge >= 0.3 is 5.97 Å². The molecule has 4 nitrogen and oxygen atoms in total. The molecule has 1 aromatic rings. The van der Waals surface area contributed by atoms with Crippen molar-refractivity contribution in [1.29, 1.82) is 0 Å². The van der Waals surface area contributed by atoms with E-state index in [1.54, 1.807) is 6.07 Å². The second kappa shape index (κ2) is 6.45. The smallest absolute Gasteiger partial charge is 0.337 e. The van der Waals surface area contributed by atoms with E-state index in [-0.39, 0.29) is 0 Å². The quantitative estimate of drug-likeness (QED) is 0.744. The summed E-state index contributed by atoms with van der Waals surface area (Å²) in [6.07, 6.45) is 2.20. The number of carbonyl (C=O) groups is 1. The van der Waals surface area contributed by atoms with Gasteiger partial charge in [-0.15, -0.1) is 0 Å². The number of aromatic carboxylic acids is 1. The lowest BCUT2D eigenvalue weighted by Crippen LogP contribution is -2.10. The van der Waals surface area contributed by atoms with Crippen LogP contribution in [0.3, 0.4) is 0 Å². The monoisotopic (exact) mass is 239 g/mol. The molecule has 4 heteroatoms. The average Bonchev–Trinajstić information content (AvgIpc) is 2.56. The summed E-state index contributed by atoms with van der Waals surface area (Å²) in [5, 5.41) is 9.00. The zero-order valence-electron chi connectivity index (χ0n) is 10.8. The first-order chi connectivity index (χ1) is 8.07. The van der Waals surface area contributed by atoms with Crippen LogP contribution in [0.5, 0.6) is 0 Å². The highest BCUT2D eigenvalue weighted by molar-refractivity contribution is 5.89. The molecule has 0 aliphatic carbocycles. The maximum absolute atomic E-state index is 11.0. The molecular formula is C13H21NO3. The van der Waals surface area contributed by atoms with Gasteiger partial charge < -0.3 is 14.4 Å². The molecule has 0 amide bonds. The second-order valence-electron chi connectivity index (χ2n) is 4.21. The highest BCUT2D eigenvalue weighted by Gasteiger charge is 2.13. The highest BCUT2D eigenvalue weighted by Crippen LogP contribution is 2.14. The molecule has 0 aliphatic heterocycles. The second-order valence-corrected chi connectivity index (χ2v) is 4.21. The summed E-state index contributed by atoms with van der Waals surface area (Å²) in [7, 11) is 0. The summed E-state index contributed by atoms with van der Waals surface area (Å²) in [5.74, 6) is -0.865. The Balaban J connectivity index is 2.56. The molecule has 1 rings (SSSR count). The van der Waals surface area contributed by atoms with Crippen LogP contribution in [0.25, 0.3) is 0 Å². The molecule has 0 bridgehead atoms. The molecule has 1 N–H and O–H groups in total. The van der Waals surface area contributed by atoms with Crippen LogP contribution < -0.4 is 0 Å². The van der Waals surface area contributed by atoms with Crippen LogP contribution >= 0.6 is 0 Å². The molecule has 17 heavy (non-hydrogen) atoms. The number of aromatic nitrogens is 1. The maximum atomic E-state index is 11.0. The van der Waals surface area contributed by atoms with Crippen molar-refractivity contribution in [2.24, 2.45) is 0 Å². The number of unbranched alkanes of at least 4 members (excludes halogenated alkanes) is 1. The summed E-state index contributed by atoms with van der Waals surface area (Å²) >= 11 is 0. The van der Waals surface area contributed by atoms with Crippen LogP contribution in [0.15, 0.2) is 6.07 Å². The molecule has 1 aromatic heterocycles. The number of rotatable bonds is 7. The third-order valence-corrected chi connectivity index (χ3v) is 2.91. The summed E-state index contributed by atoms with van der Waals surface area (Å²) in [4.78, 5) is 11.0. The van der Waals surface area contributed by atoms with Gasteiger partial charge in [0, 0.05) is 24.5 Å². The zero-order valence-corrected chi connectivity index (χ0v) is 10.8. The zero-order chi connectivity index (χ0) is 12.8.